The van der Waals surface area contributed by atoms with Crippen LogP contribution in [0.3, 0.4) is 0 Å². The van der Waals surface area contributed by atoms with E-state index in [0.29, 0.717) is 5.41 Å². The topological polar surface area (TPSA) is 18.5 Å². The van der Waals surface area contributed by atoms with E-state index in [1.54, 1.807) is 0 Å². The van der Waals surface area contributed by atoms with Gasteiger partial charge in [0.25, 0.3) is 0 Å². The number of ether oxygens (including phenoxy) is 2. The highest BCUT2D eigenvalue weighted by atomic mass is 16.7. The highest BCUT2D eigenvalue weighted by molar-refractivity contribution is 4.70. The molecule has 0 aliphatic carbocycles. The molecule has 1 saturated heterocycles. The molecule has 0 aromatic rings. The van der Waals surface area contributed by atoms with Crippen LogP contribution < -0.4 is 0 Å². The van der Waals surface area contributed by atoms with Crippen molar-refractivity contribution in [3.63, 3.8) is 0 Å². The van der Waals surface area contributed by atoms with Crippen LogP contribution in [0.25, 0.3) is 0 Å². The Morgan fingerprint density at radius 3 is 2.15 bits per heavy atom. The first kappa shape index (κ1) is 11.0. The summed E-state index contributed by atoms with van der Waals surface area (Å²) in [6.07, 6.45) is 3.43. The predicted octanol–water partition coefficient (Wildman–Crippen LogP) is 2.97. The van der Waals surface area contributed by atoms with Gasteiger partial charge in [-0.15, -0.1) is 0 Å². The first-order valence-corrected chi connectivity index (χ1v) is 5.19. The van der Waals surface area contributed by atoms with Crippen molar-refractivity contribution in [3.8, 4) is 0 Å². The van der Waals surface area contributed by atoms with E-state index in [9.17, 15) is 0 Å². The molecule has 1 aliphatic rings. The van der Waals surface area contributed by atoms with Crippen LogP contribution in [0.4, 0.5) is 0 Å². The van der Waals surface area contributed by atoms with Gasteiger partial charge in [0.05, 0.1) is 13.2 Å². The maximum Gasteiger partial charge on any atom is 0.165 e. The fourth-order valence-electron chi connectivity index (χ4n) is 1.64. The molecule has 1 fully saturated rings. The summed E-state index contributed by atoms with van der Waals surface area (Å²) in [5.74, 6) is -0.286. The molecule has 0 unspecified atom stereocenters. The van der Waals surface area contributed by atoms with Gasteiger partial charge >= 0.3 is 0 Å². The first-order chi connectivity index (χ1) is 5.91. The van der Waals surface area contributed by atoms with Crippen LogP contribution in [0.1, 0.15) is 47.0 Å². The van der Waals surface area contributed by atoms with Crippen LogP contribution in [-0.2, 0) is 9.47 Å². The average molecular weight is 186 g/mol. The van der Waals surface area contributed by atoms with E-state index in [1.807, 2.05) is 6.92 Å². The maximum atomic E-state index is 5.53. The smallest absolute Gasteiger partial charge is 0.165 e. The summed E-state index contributed by atoms with van der Waals surface area (Å²) in [5.41, 5.74) is 0.426. The molecule has 0 N–H and O–H groups in total. The quantitative estimate of drug-likeness (QED) is 0.674. The Hall–Kier alpha value is -0.0800. The molecule has 0 bridgehead atoms. The van der Waals surface area contributed by atoms with Crippen LogP contribution in [0.15, 0.2) is 0 Å². The minimum Gasteiger partial charge on any atom is -0.348 e. The summed E-state index contributed by atoms with van der Waals surface area (Å²) < 4.78 is 11.1. The molecule has 0 spiro atoms. The molecule has 2 nitrogen and oxygen atoms in total. The van der Waals surface area contributed by atoms with Crippen LogP contribution in [0.5, 0.6) is 0 Å². The lowest BCUT2D eigenvalue weighted by Gasteiger charge is -2.24. The SMILES string of the molecule is CC(C)(C)CCCC1(C)OCCO1. The minimum atomic E-state index is -0.286. The van der Waals surface area contributed by atoms with E-state index in [2.05, 4.69) is 20.8 Å². The summed E-state index contributed by atoms with van der Waals surface area (Å²) in [4.78, 5) is 0. The molecular formula is C11H22O2. The van der Waals surface area contributed by atoms with Gasteiger partial charge in [-0.2, -0.15) is 0 Å². The zero-order valence-electron chi connectivity index (χ0n) is 9.35. The maximum absolute atomic E-state index is 5.53. The summed E-state index contributed by atoms with van der Waals surface area (Å²) in [6, 6.07) is 0. The van der Waals surface area contributed by atoms with E-state index in [1.165, 1.54) is 12.8 Å². The second-order valence-electron chi connectivity index (χ2n) is 5.24. The fraction of sp³-hybridized carbons (Fsp3) is 1.00. The van der Waals surface area contributed by atoms with Crippen molar-refractivity contribution in [1.29, 1.82) is 0 Å². The third-order valence-corrected chi connectivity index (χ3v) is 2.46. The Balaban J connectivity index is 2.18. The number of rotatable bonds is 3. The van der Waals surface area contributed by atoms with Gasteiger partial charge in [0.15, 0.2) is 5.79 Å². The van der Waals surface area contributed by atoms with Crippen molar-refractivity contribution in [1.82, 2.24) is 0 Å². The molecule has 0 saturated carbocycles. The molecule has 1 rings (SSSR count). The zero-order valence-corrected chi connectivity index (χ0v) is 9.35. The molecule has 0 aromatic carbocycles. The molecule has 0 atom stereocenters. The molecule has 1 heterocycles. The van der Waals surface area contributed by atoms with Crippen molar-refractivity contribution in [2.45, 2.75) is 52.7 Å². The van der Waals surface area contributed by atoms with Crippen molar-refractivity contribution in [3.05, 3.63) is 0 Å². The average Bonchev–Trinajstić information content (AvgIpc) is 2.33. The largest absolute Gasteiger partial charge is 0.348 e. The van der Waals surface area contributed by atoms with Gasteiger partial charge < -0.3 is 9.47 Å². The van der Waals surface area contributed by atoms with Crippen LogP contribution >= 0.6 is 0 Å². The number of hydrogen-bond donors (Lipinski definition) is 0. The van der Waals surface area contributed by atoms with Gasteiger partial charge in [-0.3, -0.25) is 0 Å². The lowest BCUT2D eigenvalue weighted by Crippen LogP contribution is -2.25. The molecule has 1 aliphatic heterocycles. The minimum absolute atomic E-state index is 0.286. The van der Waals surface area contributed by atoms with Crippen molar-refractivity contribution in [2.24, 2.45) is 5.41 Å². The molecule has 78 valence electrons. The van der Waals surface area contributed by atoms with Gasteiger partial charge in [0.2, 0.25) is 0 Å². The summed E-state index contributed by atoms with van der Waals surface area (Å²) in [6.45, 7) is 10.4. The van der Waals surface area contributed by atoms with E-state index in [-0.39, 0.29) is 5.79 Å². The normalized spacial score (nSPS) is 22.2. The second kappa shape index (κ2) is 3.97. The van der Waals surface area contributed by atoms with E-state index in [4.69, 9.17) is 9.47 Å². The summed E-state index contributed by atoms with van der Waals surface area (Å²) >= 11 is 0. The van der Waals surface area contributed by atoms with Crippen molar-refractivity contribution in [2.75, 3.05) is 13.2 Å². The van der Waals surface area contributed by atoms with Gasteiger partial charge in [0, 0.05) is 6.42 Å². The summed E-state index contributed by atoms with van der Waals surface area (Å²) in [7, 11) is 0. The highest BCUT2D eigenvalue weighted by Gasteiger charge is 2.30. The van der Waals surface area contributed by atoms with Crippen molar-refractivity contribution < 1.29 is 9.47 Å². The molecule has 2 heteroatoms. The molecule has 0 aromatic heterocycles. The molecule has 0 radical (unpaired) electrons. The Morgan fingerprint density at radius 1 is 1.15 bits per heavy atom. The van der Waals surface area contributed by atoms with Gasteiger partial charge in [-0.05, 0) is 25.2 Å². The molecular weight excluding hydrogens is 164 g/mol. The second-order valence-corrected chi connectivity index (χ2v) is 5.24. The van der Waals surface area contributed by atoms with E-state index < -0.39 is 0 Å². The van der Waals surface area contributed by atoms with Crippen LogP contribution in [0, 0.1) is 5.41 Å². The molecule has 0 amide bonds. The van der Waals surface area contributed by atoms with E-state index >= 15 is 0 Å². The third kappa shape index (κ3) is 4.10. The van der Waals surface area contributed by atoms with Gasteiger partial charge in [-0.1, -0.05) is 20.8 Å². The van der Waals surface area contributed by atoms with Crippen molar-refractivity contribution >= 4 is 0 Å². The fourth-order valence-corrected chi connectivity index (χ4v) is 1.64. The first-order valence-electron chi connectivity index (χ1n) is 5.19. The summed E-state index contributed by atoms with van der Waals surface area (Å²) in [5, 5.41) is 0. The zero-order chi connectivity index (χ0) is 9.95. The van der Waals surface area contributed by atoms with Crippen LogP contribution in [0.2, 0.25) is 0 Å². The monoisotopic (exact) mass is 186 g/mol. The standard InChI is InChI=1S/C11H22O2/c1-10(2,3)6-5-7-11(4)12-8-9-13-11/h5-9H2,1-4H3. The highest BCUT2D eigenvalue weighted by Crippen LogP contribution is 2.28. The van der Waals surface area contributed by atoms with Crippen LogP contribution in [-0.4, -0.2) is 19.0 Å². The predicted molar refractivity (Wildman–Crippen MR) is 53.6 cm³/mol. The van der Waals surface area contributed by atoms with Gasteiger partial charge in [0.1, 0.15) is 0 Å². The lowest BCUT2D eigenvalue weighted by molar-refractivity contribution is -0.148. The molecule has 13 heavy (non-hydrogen) atoms. The van der Waals surface area contributed by atoms with Gasteiger partial charge in [-0.25, -0.2) is 0 Å². The Kier molecular flexibility index (Phi) is 3.36. The Labute approximate surface area is 81.6 Å². The third-order valence-electron chi connectivity index (χ3n) is 2.46. The number of hydrogen-bond acceptors (Lipinski definition) is 2. The Bertz CT molecular complexity index is 152. The Morgan fingerprint density at radius 2 is 1.69 bits per heavy atom. The lowest BCUT2D eigenvalue weighted by atomic mass is 9.89. The van der Waals surface area contributed by atoms with E-state index in [0.717, 1.165) is 19.6 Å².